The molecule has 266 valence electrons. The predicted octanol–water partition coefficient (Wildman–Crippen LogP) is 6.35. The highest BCUT2D eigenvalue weighted by atomic mass is 32.2. The van der Waals surface area contributed by atoms with Crippen molar-refractivity contribution in [1.29, 1.82) is 0 Å². The molecule has 1 aliphatic heterocycles. The van der Waals surface area contributed by atoms with Gasteiger partial charge in [-0.05, 0) is 69.4 Å². The number of sulfone groups is 1. The number of amides is 1. The van der Waals surface area contributed by atoms with E-state index in [1.54, 1.807) is 66.7 Å². The third-order valence-electron chi connectivity index (χ3n) is 8.89. The molecule has 5 aromatic carbocycles. The predicted molar refractivity (Wildman–Crippen MR) is 198 cm³/mol. The summed E-state index contributed by atoms with van der Waals surface area (Å²) in [5.74, 6) is -0.311. The van der Waals surface area contributed by atoms with E-state index >= 15 is 0 Å². The molecule has 1 amide bonds. The molecule has 13 heteroatoms. The smallest absolute Gasteiger partial charge is 0.266 e. The minimum Gasteiger partial charge on any atom is -0.494 e. The number of aliphatic hydroxyl groups is 1. The number of hydrazine groups is 1. The molecule has 3 N–H and O–H groups in total. The van der Waals surface area contributed by atoms with E-state index in [9.17, 15) is 13.2 Å². The molecule has 0 saturated carbocycles. The molecule has 0 spiro atoms. The molecule has 0 aromatic heterocycles. The fourth-order valence-corrected chi connectivity index (χ4v) is 7.59. The fraction of sp³-hybridized carbons (Fsp3) is 0.231. The molecule has 0 radical (unpaired) electrons. The van der Waals surface area contributed by atoms with Gasteiger partial charge in [0.15, 0.2) is 21.5 Å². The third kappa shape index (κ3) is 8.09. The molecule has 0 bridgehead atoms. The average molecular weight is 719 g/mol. The Morgan fingerprint density at radius 2 is 1.63 bits per heavy atom. The zero-order valence-corrected chi connectivity index (χ0v) is 29.1. The van der Waals surface area contributed by atoms with Gasteiger partial charge in [-0.25, -0.2) is 18.8 Å². The Bertz CT molecular complexity index is 2200. The van der Waals surface area contributed by atoms with Gasteiger partial charge in [-0.2, -0.15) is 0 Å². The lowest BCUT2D eigenvalue weighted by Crippen LogP contribution is -2.53. The van der Waals surface area contributed by atoms with Crippen molar-refractivity contribution in [3.63, 3.8) is 0 Å². The maximum Gasteiger partial charge on any atom is 0.266 e. The second-order valence-electron chi connectivity index (χ2n) is 12.2. The van der Waals surface area contributed by atoms with Crippen LogP contribution in [0, 0.1) is 0 Å². The van der Waals surface area contributed by atoms with E-state index in [0.717, 1.165) is 16.3 Å². The summed E-state index contributed by atoms with van der Waals surface area (Å²) in [6.07, 6.45) is -0.858. The summed E-state index contributed by atoms with van der Waals surface area (Å²) in [7, 11) is -3.86. The number of azide groups is 1. The van der Waals surface area contributed by atoms with Gasteiger partial charge >= 0.3 is 0 Å². The summed E-state index contributed by atoms with van der Waals surface area (Å²) in [5.41, 5.74) is 15.9. The number of benzene rings is 5. The van der Waals surface area contributed by atoms with Crippen LogP contribution in [0.1, 0.15) is 41.2 Å². The summed E-state index contributed by atoms with van der Waals surface area (Å²) < 4.78 is 39.7. The Balaban J connectivity index is 1.40. The first-order valence-corrected chi connectivity index (χ1v) is 18.5. The maximum atomic E-state index is 14.7. The fourth-order valence-electron chi connectivity index (χ4n) is 6.20. The van der Waals surface area contributed by atoms with Gasteiger partial charge in [0.2, 0.25) is 5.90 Å². The first-order chi connectivity index (χ1) is 25.3. The van der Waals surface area contributed by atoms with Crippen molar-refractivity contribution >= 4 is 32.4 Å². The number of carbonyl (C=O) groups is 1. The van der Waals surface area contributed by atoms with Crippen molar-refractivity contribution in [2.75, 3.05) is 19.0 Å². The van der Waals surface area contributed by atoms with Gasteiger partial charge < -0.3 is 14.6 Å². The molecule has 2 atom stereocenters. The van der Waals surface area contributed by atoms with Gasteiger partial charge in [-0.3, -0.25) is 10.2 Å². The molecular formula is C39H38N6O6S. The lowest BCUT2D eigenvalue weighted by atomic mass is 9.83. The molecule has 5 aromatic rings. The summed E-state index contributed by atoms with van der Waals surface area (Å²) >= 11 is 0. The zero-order valence-electron chi connectivity index (χ0n) is 28.3. The number of nitrogens with zero attached hydrogens (tertiary/aromatic N) is 4. The van der Waals surface area contributed by atoms with E-state index in [0.29, 0.717) is 35.5 Å². The third-order valence-corrected chi connectivity index (χ3v) is 10.6. The molecule has 0 aliphatic carbocycles. The monoisotopic (exact) mass is 718 g/mol. The van der Waals surface area contributed by atoms with Crippen LogP contribution in [0.4, 0.5) is 0 Å². The number of carbonyl (C=O) groups excluding carboxylic acids is 1. The van der Waals surface area contributed by atoms with Crippen molar-refractivity contribution in [3.05, 3.63) is 154 Å². The van der Waals surface area contributed by atoms with E-state index in [-0.39, 0.29) is 36.9 Å². The van der Waals surface area contributed by atoms with E-state index in [1.165, 1.54) is 12.1 Å². The molecule has 6 rings (SSSR count). The van der Waals surface area contributed by atoms with Crippen LogP contribution in [0.25, 0.3) is 21.2 Å². The molecule has 0 saturated heterocycles. The number of nitrogens with one attached hydrogen (secondary N) is 2. The van der Waals surface area contributed by atoms with E-state index in [1.807, 2.05) is 42.5 Å². The van der Waals surface area contributed by atoms with Gasteiger partial charge in [0.25, 0.3) is 5.91 Å². The number of fused-ring (bicyclic) bond motifs is 1. The van der Waals surface area contributed by atoms with E-state index in [4.69, 9.17) is 25.1 Å². The summed E-state index contributed by atoms with van der Waals surface area (Å²) in [4.78, 5) is 22.7. The number of hydrogen-bond acceptors (Lipinski definition) is 9. The molecule has 12 nitrogen and oxygen atoms in total. The van der Waals surface area contributed by atoms with Crippen LogP contribution in [0.15, 0.2) is 136 Å². The molecule has 52 heavy (non-hydrogen) atoms. The van der Waals surface area contributed by atoms with Crippen molar-refractivity contribution < 1.29 is 27.8 Å². The number of aliphatic imine (C=N–C) groups is 1. The Labute approximate surface area is 301 Å². The van der Waals surface area contributed by atoms with Gasteiger partial charge in [0.05, 0.1) is 23.8 Å². The van der Waals surface area contributed by atoms with Gasteiger partial charge in [-0.1, -0.05) is 90.0 Å². The van der Waals surface area contributed by atoms with Crippen molar-refractivity contribution in [3.8, 4) is 5.75 Å². The van der Waals surface area contributed by atoms with Crippen LogP contribution < -0.4 is 15.6 Å². The van der Waals surface area contributed by atoms with Crippen LogP contribution in [0.3, 0.4) is 0 Å². The van der Waals surface area contributed by atoms with Crippen molar-refractivity contribution in [2.24, 2.45) is 10.1 Å². The summed E-state index contributed by atoms with van der Waals surface area (Å²) in [5, 5.41) is 15.0. The summed E-state index contributed by atoms with van der Waals surface area (Å²) in [6, 6.07) is 35.9. The topological polar surface area (TPSA) is 175 Å². The quantitative estimate of drug-likeness (QED) is 0.0350. The number of hydrogen-bond donors (Lipinski definition) is 3. The van der Waals surface area contributed by atoms with Crippen molar-refractivity contribution in [2.45, 2.75) is 42.5 Å². The molecule has 1 aliphatic rings. The van der Waals surface area contributed by atoms with Crippen LogP contribution in [0.2, 0.25) is 0 Å². The molecular weight excluding hydrogens is 681 g/mol. The normalized spacial score (nSPS) is 16.8. The van der Waals surface area contributed by atoms with Crippen LogP contribution in [0.5, 0.6) is 5.75 Å². The number of rotatable bonds is 16. The van der Waals surface area contributed by atoms with E-state index < -0.39 is 33.1 Å². The zero-order chi connectivity index (χ0) is 36.4. The van der Waals surface area contributed by atoms with E-state index in [2.05, 4.69) is 20.9 Å². The molecule has 1 heterocycles. The Morgan fingerprint density at radius 3 is 2.42 bits per heavy atom. The Hall–Kier alpha value is -5.72. The highest BCUT2D eigenvalue weighted by molar-refractivity contribution is 7.91. The molecule has 0 fully saturated rings. The number of aliphatic hydroxyl groups excluding tert-OH is 1. The minimum atomic E-state index is -3.86. The first kappa shape index (κ1) is 36.1. The first-order valence-electron chi connectivity index (χ1n) is 16.8. The van der Waals surface area contributed by atoms with Crippen molar-refractivity contribution in [1.82, 2.24) is 10.9 Å². The molecule has 0 unspecified atom stereocenters. The largest absolute Gasteiger partial charge is 0.494 e. The highest BCUT2D eigenvalue weighted by Crippen LogP contribution is 2.44. The standard InChI is InChI=1S/C39H38N6O6S/c40-45-42-27-31-11-5-7-17-35(31)36-39(22-25-52(48,49)33-14-2-1-3-15-33,43-37(51-36)29-18-20-32(21-19-29)50-24-9-23-46)38(47)44-41-26-30-13-8-12-28-10-4-6-16-34(28)30/h1-8,10-21,36,41,46H,9,22-27H2,(H,44,47)/t36-,39-/m0/s1. The average Bonchev–Trinajstić information content (AvgIpc) is 3.58. The van der Waals surface area contributed by atoms with Gasteiger partial charge in [0, 0.05) is 36.5 Å². The number of ether oxygens (including phenoxy) is 2. The second kappa shape index (κ2) is 16.5. The van der Waals surface area contributed by atoms with Gasteiger partial charge in [-0.15, -0.1) is 0 Å². The van der Waals surface area contributed by atoms with Crippen LogP contribution in [-0.2, 0) is 32.5 Å². The van der Waals surface area contributed by atoms with Crippen LogP contribution >= 0.6 is 0 Å². The van der Waals surface area contributed by atoms with Gasteiger partial charge in [0.1, 0.15) is 5.75 Å². The van der Waals surface area contributed by atoms with Crippen LogP contribution in [-0.4, -0.2) is 49.8 Å². The maximum absolute atomic E-state index is 14.7. The summed E-state index contributed by atoms with van der Waals surface area (Å²) in [6.45, 7) is 0.592. The highest BCUT2D eigenvalue weighted by Gasteiger charge is 2.54. The Morgan fingerprint density at radius 1 is 0.923 bits per heavy atom. The SMILES string of the molecule is [N-]=[N+]=NCc1ccccc1[C@@H]1OC(c2ccc(OCCCO)cc2)=N[C@]1(CCS(=O)(=O)c1ccccc1)C(=O)NNCc1cccc2ccccc12. The Kier molecular flexibility index (Phi) is 11.5. The lowest BCUT2D eigenvalue weighted by Gasteiger charge is -2.31. The second-order valence-corrected chi connectivity index (χ2v) is 14.3. The lowest BCUT2D eigenvalue weighted by molar-refractivity contribution is -0.130. The minimum absolute atomic E-state index is 0.00616.